The van der Waals surface area contributed by atoms with Crippen molar-refractivity contribution in [2.24, 2.45) is 0 Å². The molecule has 0 radical (unpaired) electrons. The molecular formula is C51H43N2P2+. The third-order valence-electron chi connectivity index (χ3n) is 12.7. The normalized spacial score (nSPS) is 19.5. The Morgan fingerprint density at radius 2 is 0.891 bits per heavy atom. The second-order valence-electron chi connectivity index (χ2n) is 15.7. The van der Waals surface area contributed by atoms with Crippen molar-refractivity contribution in [3.63, 3.8) is 0 Å². The maximum atomic E-state index is 2.60. The molecule has 4 aliphatic carbocycles. The largest absolute Gasteiger partial charge is 0.341 e. The molecule has 4 heteroatoms. The molecule has 1 heterocycles. The van der Waals surface area contributed by atoms with Crippen molar-refractivity contribution >= 4 is 94.1 Å². The summed E-state index contributed by atoms with van der Waals surface area (Å²) in [7, 11) is 1.44. The van der Waals surface area contributed by atoms with Gasteiger partial charge in [-0.25, -0.2) is 0 Å². The predicted octanol–water partition coefficient (Wildman–Crippen LogP) is 9.49. The fraction of sp³-hybridized carbons (Fsp3) is 0.137. The Labute approximate surface area is 327 Å². The number of hydrogen-bond donors (Lipinski definition) is 0. The van der Waals surface area contributed by atoms with E-state index in [-0.39, 0.29) is 0 Å². The molecule has 55 heavy (non-hydrogen) atoms. The minimum absolute atomic E-state index is 0.970. The van der Waals surface area contributed by atoms with E-state index in [0.717, 1.165) is 25.7 Å². The zero-order valence-corrected chi connectivity index (χ0v) is 33.4. The summed E-state index contributed by atoms with van der Waals surface area (Å²) in [5.74, 6) is 0. The Morgan fingerprint density at radius 1 is 0.455 bits per heavy atom. The summed E-state index contributed by atoms with van der Waals surface area (Å²) in [4.78, 5) is 5.17. The Morgan fingerprint density at radius 3 is 1.53 bits per heavy atom. The number of hydrogen-bond acceptors (Lipinski definition) is 2. The van der Waals surface area contributed by atoms with Gasteiger partial charge in [-0.05, 0) is 144 Å². The van der Waals surface area contributed by atoms with Gasteiger partial charge in [-0.1, -0.05) is 97.1 Å². The molecule has 0 N–H and O–H groups in total. The zero-order valence-electron chi connectivity index (χ0n) is 31.6. The van der Waals surface area contributed by atoms with E-state index in [4.69, 9.17) is 0 Å². The van der Waals surface area contributed by atoms with Gasteiger partial charge >= 0.3 is 0 Å². The van der Waals surface area contributed by atoms with Crippen molar-refractivity contribution in [2.75, 3.05) is 30.6 Å². The van der Waals surface area contributed by atoms with Gasteiger partial charge in [0.1, 0.15) is 23.2 Å². The van der Waals surface area contributed by atoms with Gasteiger partial charge in [0, 0.05) is 36.1 Å². The van der Waals surface area contributed by atoms with Crippen LogP contribution in [0.15, 0.2) is 133 Å². The smallest absolute Gasteiger partial charge is 0.128 e. The van der Waals surface area contributed by atoms with Crippen molar-refractivity contribution < 1.29 is 0 Å². The van der Waals surface area contributed by atoms with Gasteiger partial charge in [-0.15, -0.1) is 0 Å². The average Bonchev–Trinajstić information content (AvgIpc) is 4.06. The molecule has 2 unspecified atom stereocenters. The lowest BCUT2D eigenvalue weighted by Crippen LogP contribution is -2.38. The molecule has 1 aliphatic heterocycles. The molecule has 0 spiro atoms. The van der Waals surface area contributed by atoms with E-state index >= 15 is 0 Å². The van der Waals surface area contributed by atoms with Crippen LogP contribution >= 0.6 is 15.2 Å². The molecule has 11 rings (SSSR count). The van der Waals surface area contributed by atoms with Crippen LogP contribution in [0.5, 0.6) is 0 Å². The number of fused-ring (bicyclic) bond motifs is 8. The van der Waals surface area contributed by atoms with Crippen molar-refractivity contribution in [1.82, 2.24) is 0 Å². The van der Waals surface area contributed by atoms with E-state index in [1.54, 1.807) is 0 Å². The maximum Gasteiger partial charge on any atom is 0.128 e. The predicted molar refractivity (Wildman–Crippen MR) is 243 cm³/mol. The van der Waals surface area contributed by atoms with E-state index in [1.165, 1.54) is 99.1 Å². The Balaban J connectivity index is 1.32. The summed E-state index contributed by atoms with van der Waals surface area (Å²) in [6.45, 7) is 2.60. The second-order valence-corrected chi connectivity index (χ2v) is 21.4. The third kappa shape index (κ3) is 5.08. The molecule has 2 atom stereocenters. The molecule has 0 saturated heterocycles. The van der Waals surface area contributed by atoms with Crippen LogP contribution in [0.4, 0.5) is 22.7 Å². The van der Waals surface area contributed by atoms with Crippen molar-refractivity contribution in [2.45, 2.75) is 25.7 Å². The van der Waals surface area contributed by atoms with Crippen LogP contribution in [-0.2, 0) is 25.7 Å². The molecule has 0 aromatic heterocycles. The summed E-state index contributed by atoms with van der Waals surface area (Å²) in [6, 6.07) is 43.2. The first-order chi connectivity index (χ1) is 27.0. The highest BCUT2D eigenvalue weighted by Crippen LogP contribution is 2.58. The Bertz CT molecular complexity index is 2700. The van der Waals surface area contributed by atoms with E-state index in [1.807, 2.05) is 0 Å². The lowest BCUT2D eigenvalue weighted by molar-refractivity contribution is 1.19. The second kappa shape index (κ2) is 12.6. The topological polar surface area (TPSA) is 6.48 Å². The Kier molecular flexibility index (Phi) is 7.61. The van der Waals surface area contributed by atoms with Crippen molar-refractivity contribution in [1.29, 1.82) is 0 Å². The first-order valence-corrected chi connectivity index (χ1v) is 23.1. The highest BCUT2D eigenvalue weighted by Gasteiger charge is 2.47. The molecule has 6 aromatic carbocycles. The van der Waals surface area contributed by atoms with Crippen molar-refractivity contribution in [3.05, 3.63) is 178 Å². The zero-order chi connectivity index (χ0) is 36.8. The number of benzene rings is 6. The van der Waals surface area contributed by atoms with Crippen molar-refractivity contribution in [3.8, 4) is 0 Å². The molecule has 0 fully saturated rings. The highest BCUT2D eigenvalue weighted by molar-refractivity contribution is 7.95. The first-order valence-electron chi connectivity index (χ1n) is 19.6. The highest BCUT2D eigenvalue weighted by atomic mass is 31.2. The number of allylic oxidation sites excluding steroid dienone is 4. The fourth-order valence-corrected chi connectivity index (χ4v) is 16.1. The van der Waals surface area contributed by atoms with Crippen LogP contribution in [0, 0.1) is 0 Å². The molecule has 5 aliphatic rings. The van der Waals surface area contributed by atoms with Crippen LogP contribution in [0.1, 0.15) is 44.5 Å². The van der Waals surface area contributed by atoms with Crippen LogP contribution in [0.25, 0.3) is 24.3 Å². The van der Waals surface area contributed by atoms with E-state index in [9.17, 15) is 0 Å². The summed E-state index contributed by atoms with van der Waals surface area (Å²) < 4.78 is 0. The van der Waals surface area contributed by atoms with Gasteiger partial charge in [-0.3, -0.25) is 0 Å². The molecule has 0 bridgehead atoms. The third-order valence-corrected chi connectivity index (χ3v) is 19.1. The summed E-state index contributed by atoms with van der Waals surface area (Å²) >= 11 is 0. The number of rotatable bonds is 2. The quantitative estimate of drug-likeness (QED) is 0.163. The lowest BCUT2D eigenvalue weighted by atomic mass is 10.1. The van der Waals surface area contributed by atoms with E-state index in [2.05, 4.69) is 188 Å². The molecule has 0 amide bonds. The van der Waals surface area contributed by atoms with Gasteiger partial charge in [0.05, 0.1) is 18.0 Å². The van der Waals surface area contributed by atoms with Crippen LogP contribution in [-0.4, -0.2) is 20.8 Å². The minimum Gasteiger partial charge on any atom is -0.341 e. The molecular weight excluding hydrogens is 703 g/mol. The number of nitrogens with zero attached hydrogens (tertiary/aromatic N) is 2. The molecule has 6 aromatic rings. The van der Waals surface area contributed by atoms with Gasteiger partial charge in [0.2, 0.25) is 0 Å². The van der Waals surface area contributed by atoms with Gasteiger partial charge < -0.3 is 9.80 Å². The van der Waals surface area contributed by atoms with Gasteiger partial charge in [-0.2, -0.15) is 0 Å². The summed E-state index contributed by atoms with van der Waals surface area (Å²) in [5.41, 5.74) is 16.3. The first kappa shape index (κ1) is 33.1. The van der Waals surface area contributed by atoms with Crippen LogP contribution < -0.4 is 41.6 Å². The number of anilines is 4. The maximum absolute atomic E-state index is 2.60. The fourth-order valence-electron chi connectivity index (χ4n) is 9.65. The standard InChI is InChI=1S/C51H43N2P2/c1-52-44-26-34-14-10-18-38(34)30-48(44)54(42-22-6-4-7-23-42)49-31-39-19-11-15-35(39)27-45(49)53(2)47-29-37-17-13-21-41(37)33-51(47)55(3,43-24-8-5-9-25-43)50-32-40-20-12-16-36(40)28-46(50)52/h4-14,17,19-20,22-33H,15-16,18,21H2,1-3H3/q+1. The SMILES string of the molecule is CN1c2cc3c(cc2P(c2ccccc2)c2cc4c(cc2N(C)c2cc5c(cc2[P+](C)(c2ccccc2)c2cc6c(cc21)CC=C6)CC=C5)CC=C4)CC=C3. The van der Waals surface area contributed by atoms with Crippen LogP contribution in [0.2, 0.25) is 0 Å². The molecule has 2 nitrogen and oxygen atoms in total. The summed E-state index contributed by atoms with van der Waals surface area (Å²) in [5, 5.41) is 8.51. The minimum atomic E-state index is -2.28. The van der Waals surface area contributed by atoms with E-state index < -0.39 is 15.2 Å². The Hall–Kier alpha value is -5.26. The van der Waals surface area contributed by atoms with Gasteiger partial charge in [0.25, 0.3) is 0 Å². The molecule has 0 saturated carbocycles. The van der Waals surface area contributed by atoms with E-state index in [0.29, 0.717) is 0 Å². The average molecular weight is 746 g/mol. The monoisotopic (exact) mass is 745 g/mol. The van der Waals surface area contributed by atoms with Gasteiger partial charge in [0.15, 0.2) is 0 Å². The summed E-state index contributed by atoms with van der Waals surface area (Å²) in [6.07, 6.45) is 22.6. The van der Waals surface area contributed by atoms with Crippen LogP contribution in [0.3, 0.4) is 0 Å². The lowest BCUT2D eigenvalue weighted by Gasteiger charge is -2.37. The molecule has 266 valence electrons.